The van der Waals surface area contributed by atoms with Crippen molar-refractivity contribution in [3.05, 3.63) is 41.1 Å². The van der Waals surface area contributed by atoms with Crippen LogP contribution in [0.2, 0.25) is 5.15 Å². The molecule has 2 atom stereocenters. The summed E-state index contributed by atoms with van der Waals surface area (Å²) < 4.78 is 14.9. The first-order valence-electron chi connectivity index (χ1n) is 9.54. The van der Waals surface area contributed by atoms with Gasteiger partial charge in [0.05, 0.1) is 6.10 Å². The summed E-state index contributed by atoms with van der Waals surface area (Å²) in [5, 5.41) is 22.4. The van der Waals surface area contributed by atoms with E-state index in [1.165, 1.54) is 12.3 Å². The van der Waals surface area contributed by atoms with E-state index in [4.69, 9.17) is 16.7 Å². The summed E-state index contributed by atoms with van der Waals surface area (Å²) in [4.78, 5) is 10.5. The Morgan fingerprint density at radius 3 is 2.89 bits per heavy atom. The number of likely N-dealkylation sites (tertiary alicyclic amines) is 1. The zero-order chi connectivity index (χ0) is 20.1. The molecule has 0 spiro atoms. The third-order valence-electron chi connectivity index (χ3n) is 4.87. The van der Waals surface area contributed by atoms with Crippen molar-refractivity contribution in [1.82, 2.24) is 14.9 Å². The fourth-order valence-corrected chi connectivity index (χ4v) is 3.62. The monoisotopic (exact) mass is 408 g/mol. The molecule has 0 unspecified atom stereocenters. The van der Waals surface area contributed by atoms with E-state index >= 15 is 0 Å². The van der Waals surface area contributed by atoms with Gasteiger partial charge < -0.3 is 15.5 Å². The van der Waals surface area contributed by atoms with E-state index in [9.17, 15) is 9.50 Å². The molecule has 1 saturated heterocycles. The number of nitrogens with zero attached hydrogens (tertiary/aromatic N) is 3. The second kappa shape index (κ2) is 9.60. The predicted molar refractivity (Wildman–Crippen MR) is 108 cm³/mol. The quantitative estimate of drug-likeness (QED) is 0.611. The minimum absolute atomic E-state index is 0.0184. The van der Waals surface area contributed by atoms with E-state index in [0.29, 0.717) is 35.9 Å². The van der Waals surface area contributed by atoms with Crippen LogP contribution < -0.4 is 5.32 Å². The molecule has 1 fully saturated rings. The summed E-state index contributed by atoms with van der Waals surface area (Å²) in [6.07, 6.45) is 5.15. The van der Waals surface area contributed by atoms with Crippen LogP contribution in [0.1, 0.15) is 31.7 Å². The highest BCUT2D eigenvalue weighted by molar-refractivity contribution is 6.29. The second-order valence-corrected chi connectivity index (χ2v) is 7.70. The molecule has 152 valence electrons. The number of piperidine rings is 1. The van der Waals surface area contributed by atoms with Gasteiger partial charge >= 0.3 is 0 Å². The fourth-order valence-electron chi connectivity index (χ4n) is 3.46. The third kappa shape index (κ3) is 5.38. The number of nitrogens with one attached hydrogen (secondary N) is 1. The van der Waals surface area contributed by atoms with Crippen molar-refractivity contribution in [3.8, 4) is 11.3 Å². The Morgan fingerprint density at radius 2 is 2.18 bits per heavy atom. The summed E-state index contributed by atoms with van der Waals surface area (Å²) in [6, 6.07) is 3.10. The van der Waals surface area contributed by atoms with Gasteiger partial charge in [-0.05, 0) is 50.4 Å². The van der Waals surface area contributed by atoms with Crippen LogP contribution in [0.4, 0.5) is 10.1 Å². The molecule has 2 aromatic rings. The average molecular weight is 409 g/mol. The average Bonchev–Trinajstić information content (AvgIpc) is 2.63. The van der Waals surface area contributed by atoms with Gasteiger partial charge in [-0.15, -0.1) is 0 Å². The lowest BCUT2D eigenvalue weighted by Gasteiger charge is -2.29. The van der Waals surface area contributed by atoms with Crippen LogP contribution in [0.15, 0.2) is 24.5 Å². The van der Waals surface area contributed by atoms with Crippen LogP contribution in [0.3, 0.4) is 0 Å². The van der Waals surface area contributed by atoms with Gasteiger partial charge in [-0.1, -0.05) is 11.6 Å². The summed E-state index contributed by atoms with van der Waals surface area (Å²) in [5.74, 6) is -0.433. The molecule has 0 amide bonds. The number of halogens is 2. The Labute approximate surface area is 169 Å². The molecular weight excluding hydrogens is 383 g/mol. The number of pyridine rings is 2. The van der Waals surface area contributed by atoms with Crippen molar-refractivity contribution in [1.29, 1.82) is 0 Å². The predicted octanol–water partition coefficient (Wildman–Crippen LogP) is 3.08. The summed E-state index contributed by atoms with van der Waals surface area (Å²) >= 11 is 6.01. The van der Waals surface area contributed by atoms with Gasteiger partial charge in [0, 0.05) is 49.4 Å². The summed E-state index contributed by atoms with van der Waals surface area (Å²) in [7, 11) is 0. The second-order valence-electron chi connectivity index (χ2n) is 7.32. The van der Waals surface area contributed by atoms with Gasteiger partial charge in [0.1, 0.15) is 16.7 Å². The molecule has 8 heteroatoms. The minimum atomic E-state index is -0.433. The molecular formula is C20H26ClFN4O2. The maximum atomic E-state index is 14.9. The lowest BCUT2D eigenvalue weighted by atomic mass is 10.1. The highest BCUT2D eigenvalue weighted by atomic mass is 35.5. The van der Waals surface area contributed by atoms with Gasteiger partial charge in [0.25, 0.3) is 0 Å². The lowest BCUT2D eigenvalue weighted by molar-refractivity contribution is 0.0667. The highest BCUT2D eigenvalue weighted by Gasteiger charge is 2.19. The molecule has 0 bridgehead atoms. The third-order valence-corrected chi connectivity index (χ3v) is 5.08. The molecule has 3 heterocycles. The molecule has 0 saturated carbocycles. The number of rotatable bonds is 7. The molecule has 0 aromatic carbocycles. The van der Waals surface area contributed by atoms with Crippen LogP contribution in [-0.4, -0.2) is 56.9 Å². The number of anilines is 1. The van der Waals surface area contributed by atoms with Crippen molar-refractivity contribution >= 4 is 17.3 Å². The van der Waals surface area contributed by atoms with Gasteiger partial charge in [-0.3, -0.25) is 9.88 Å². The zero-order valence-corrected chi connectivity index (χ0v) is 16.7. The van der Waals surface area contributed by atoms with Crippen LogP contribution in [0.5, 0.6) is 0 Å². The first kappa shape index (κ1) is 20.9. The Kier molecular flexibility index (Phi) is 7.18. The van der Waals surface area contributed by atoms with Crippen molar-refractivity contribution in [2.24, 2.45) is 0 Å². The Bertz CT molecular complexity index is 808. The van der Waals surface area contributed by atoms with Crippen LogP contribution in [0.25, 0.3) is 11.3 Å². The number of aliphatic hydroxyl groups is 2. The van der Waals surface area contributed by atoms with Crippen molar-refractivity contribution < 1.29 is 14.6 Å². The Balaban J connectivity index is 1.81. The van der Waals surface area contributed by atoms with E-state index in [0.717, 1.165) is 24.9 Å². The molecule has 1 aliphatic heterocycles. The van der Waals surface area contributed by atoms with Crippen molar-refractivity contribution in [2.75, 3.05) is 25.0 Å². The molecule has 1 aliphatic rings. The summed E-state index contributed by atoms with van der Waals surface area (Å²) in [5.41, 5.74) is 2.11. The molecule has 28 heavy (non-hydrogen) atoms. The minimum Gasteiger partial charge on any atom is -0.396 e. The maximum Gasteiger partial charge on any atom is 0.149 e. The van der Waals surface area contributed by atoms with Gasteiger partial charge in [-0.25, -0.2) is 9.37 Å². The Hall–Kier alpha value is -1.80. The van der Waals surface area contributed by atoms with E-state index < -0.39 is 5.82 Å². The van der Waals surface area contributed by atoms with Crippen LogP contribution >= 0.6 is 11.6 Å². The van der Waals surface area contributed by atoms with Gasteiger partial charge in [-0.2, -0.15) is 0 Å². The topological polar surface area (TPSA) is 81.5 Å². The highest BCUT2D eigenvalue weighted by Crippen LogP contribution is 2.31. The Morgan fingerprint density at radius 1 is 1.36 bits per heavy atom. The SMILES string of the molecule is C[C@@H](CCO)Nc1cc(Cl)ncc1-c1ncc(CN2CCC[C@H](O)C2)cc1F. The fraction of sp³-hybridized carbons (Fsp3) is 0.500. The molecule has 2 aromatic heterocycles. The van der Waals surface area contributed by atoms with Crippen LogP contribution in [-0.2, 0) is 6.54 Å². The molecule has 3 N–H and O–H groups in total. The first-order valence-corrected chi connectivity index (χ1v) is 9.92. The van der Waals surface area contributed by atoms with Gasteiger partial charge in [0.15, 0.2) is 0 Å². The smallest absolute Gasteiger partial charge is 0.149 e. The summed E-state index contributed by atoms with van der Waals surface area (Å²) in [6.45, 7) is 4.02. The van der Waals surface area contributed by atoms with E-state index in [1.807, 2.05) is 6.92 Å². The van der Waals surface area contributed by atoms with E-state index in [2.05, 4.69) is 20.2 Å². The molecule has 3 rings (SSSR count). The number of β-amino-alcohol motifs (C(OH)–C–C–N with tert-alkyl or cyclic N) is 1. The number of aliphatic hydroxyl groups excluding tert-OH is 2. The maximum absolute atomic E-state index is 14.9. The van der Waals surface area contributed by atoms with Crippen molar-refractivity contribution in [3.63, 3.8) is 0 Å². The first-order chi connectivity index (χ1) is 13.5. The normalized spacial score (nSPS) is 18.8. The molecule has 0 aliphatic carbocycles. The zero-order valence-electron chi connectivity index (χ0n) is 15.9. The molecule has 6 nitrogen and oxygen atoms in total. The van der Waals surface area contributed by atoms with Gasteiger partial charge in [0.2, 0.25) is 0 Å². The lowest BCUT2D eigenvalue weighted by Crippen LogP contribution is -2.37. The molecule has 0 radical (unpaired) electrons. The van der Waals surface area contributed by atoms with Crippen molar-refractivity contribution in [2.45, 2.75) is 44.9 Å². The number of hydrogen-bond donors (Lipinski definition) is 3. The number of aromatic nitrogens is 2. The standard InChI is InChI=1S/C20H26ClFN4O2/c1-13(4-6-27)25-18-8-19(21)23-10-16(18)20-17(22)7-14(9-24-20)11-26-5-2-3-15(28)12-26/h7-10,13,15,27-28H,2-6,11-12H2,1H3,(H,23,25)/t13-,15-/m0/s1. The van der Waals surface area contributed by atoms with E-state index in [1.54, 1.807) is 12.3 Å². The largest absolute Gasteiger partial charge is 0.396 e. The van der Waals surface area contributed by atoms with Crippen LogP contribution in [0, 0.1) is 5.82 Å². The van der Waals surface area contributed by atoms with E-state index in [-0.39, 0.29) is 24.4 Å². The number of hydrogen-bond acceptors (Lipinski definition) is 6.